The Kier molecular flexibility index (Phi) is 2.01. The van der Waals surface area contributed by atoms with Gasteiger partial charge in [-0.2, -0.15) is 0 Å². The fourth-order valence-electron chi connectivity index (χ4n) is 2.25. The molecule has 1 N–H and O–H groups in total. The van der Waals surface area contributed by atoms with Crippen molar-refractivity contribution in [1.82, 2.24) is 5.32 Å². The minimum atomic E-state index is 0.0757. The van der Waals surface area contributed by atoms with Gasteiger partial charge in [-0.3, -0.25) is 0 Å². The molecule has 1 aliphatic carbocycles. The minimum Gasteiger partial charge on any atom is -0.496 e. The number of ether oxygens (including phenoxy) is 3. The molecular formula is C12H15NO3. The molecule has 1 aliphatic heterocycles. The number of fused-ring (bicyclic) bond motifs is 1. The minimum absolute atomic E-state index is 0.0757. The summed E-state index contributed by atoms with van der Waals surface area (Å²) in [5.41, 5.74) is 1.24. The second kappa shape index (κ2) is 3.28. The van der Waals surface area contributed by atoms with E-state index in [-0.39, 0.29) is 5.54 Å². The lowest BCUT2D eigenvalue weighted by Gasteiger charge is -2.18. The first-order valence-corrected chi connectivity index (χ1v) is 5.46. The topological polar surface area (TPSA) is 39.7 Å². The largest absolute Gasteiger partial charge is 0.496 e. The molecule has 1 fully saturated rings. The van der Waals surface area contributed by atoms with E-state index < -0.39 is 0 Å². The van der Waals surface area contributed by atoms with Crippen LogP contribution in [0.5, 0.6) is 17.2 Å². The molecule has 0 radical (unpaired) electrons. The Morgan fingerprint density at radius 2 is 1.94 bits per heavy atom. The fraction of sp³-hybridized carbons (Fsp3) is 0.500. The van der Waals surface area contributed by atoms with Gasteiger partial charge in [-0.15, -0.1) is 0 Å². The molecule has 16 heavy (non-hydrogen) atoms. The van der Waals surface area contributed by atoms with E-state index in [1.807, 2.05) is 19.2 Å². The van der Waals surface area contributed by atoms with Crippen LogP contribution in [-0.4, -0.2) is 21.0 Å². The lowest BCUT2D eigenvalue weighted by molar-refractivity contribution is 0.174. The van der Waals surface area contributed by atoms with Crippen molar-refractivity contribution in [2.75, 3.05) is 21.0 Å². The third-order valence-electron chi connectivity index (χ3n) is 3.44. The summed E-state index contributed by atoms with van der Waals surface area (Å²) in [7, 11) is 3.67. The predicted molar refractivity (Wildman–Crippen MR) is 59.1 cm³/mol. The highest BCUT2D eigenvalue weighted by atomic mass is 16.7. The Hall–Kier alpha value is -1.42. The second-order valence-corrected chi connectivity index (χ2v) is 4.24. The van der Waals surface area contributed by atoms with Crippen LogP contribution >= 0.6 is 0 Å². The molecule has 1 aromatic carbocycles. The van der Waals surface area contributed by atoms with Gasteiger partial charge in [0.2, 0.25) is 6.79 Å². The van der Waals surface area contributed by atoms with Crippen LogP contribution in [0.4, 0.5) is 0 Å². The number of rotatable bonds is 3. The molecule has 3 rings (SSSR count). The molecule has 0 unspecified atom stereocenters. The van der Waals surface area contributed by atoms with E-state index in [1.54, 1.807) is 7.11 Å². The molecule has 1 heterocycles. The maximum Gasteiger partial charge on any atom is 0.231 e. The molecule has 2 aliphatic rings. The highest BCUT2D eigenvalue weighted by molar-refractivity contribution is 5.55. The van der Waals surface area contributed by atoms with E-state index >= 15 is 0 Å². The summed E-state index contributed by atoms with van der Waals surface area (Å²) in [6, 6.07) is 3.94. The van der Waals surface area contributed by atoms with Gasteiger partial charge in [0.05, 0.1) is 7.11 Å². The molecule has 0 bridgehead atoms. The lowest BCUT2D eigenvalue weighted by atomic mass is 10.0. The molecule has 0 atom stereocenters. The Labute approximate surface area is 94.5 Å². The number of benzene rings is 1. The Morgan fingerprint density at radius 1 is 1.25 bits per heavy atom. The molecule has 0 saturated heterocycles. The zero-order chi connectivity index (χ0) is 11.2. The van der Waals surface area contributed by atoms with Crippen LogP contribution in [-0.2, 0) is 5.54 Å². The van der Waals surface area contributed by atoms with E-state index in [2.05, 4.69) is 5.32 Å². The van der Waals surface area contributed by atoms with Gasteiger partial charge in [0.15, 0.2) is 11.5 Å². The average molecular weight is 221 g/mol. The smallest absolute Gasteiger partial charge is 0.231 e. The number of nitrogens with one attached hydrogen (secondary N) is 1. The zero-order valence-corrected chi connectivity index (χ0v) is 9.50. The second-order valence-electron chi connectivity index (χ2n) is 4.24. The highest BCUT2D eigenvalue weighted by Crippen LogP contribution is 2.51. The van der Waals surface area contributed by atoms with Crippen LogP contribution in [0.15, 0.2) is 12.1 Å². The van der Waals surface area contributed by atoms with Gasteiger partial charge in [0, 0.05) is 17.2 Å². The zero-order valence-electron chi connectivity index (χ0n) is 9.50. The number of hydrogen-bond donors (Lipinski definition) is 1. The van der Waals surface area contributed by atoms with Crippen molar-refractivity contribution in [2.24, 2.45) is 0 Å². The van der Waals surface area contributed by atoms with Crippen LogP contribution in [0.3, 0.4) is 0 Å². The van der Waals surface area contributed by atoms with Crippen molar-refractivity contribution in [3.05, 3.63) is 17.7 Å². The molecule has 4 heteroatoms. The van der Waals surface area contributed by atoms with Crippen molar-refractivity contribution in [2.45, 2.75) is 18.4 Å². The summed E-state index contributed by atoms with van der Waals surface area (Å²) in [6.07, 6.45) is 2.28. The van der Waals surface area contributed by atoms with Crippen LogP contribution in [0, 0.1) is 0 Å². The summed E-state index contributed by atoms with van der Waals surface area (Å²) in [5.74, 6) is 2.46. The Morgan fingerprint density at radius 3 is 2.50 bits per heavy atom. The standard InChI is InChI=1S/C12H15NO3/c1-13-12(3-4-12)8-5-10-11(16-7-15-10)6-9(8)14-2/h5-6,13H,3-4,7H2,1-2H3. The first-order valence-electron chi connectivity index (χ1n) is 5.46. The monoisotopic (exact) mass is 221 g/mol. The summed E-state index contributed by atoms with van der Waals surface area (Å²) >= 11 is 0. The quantitative estimate of drug-likeness (QED) is 0.842. The highest BCUT2D eigenvalue weighted by Gasteiger charge is 2.45. The molecule has 1 saturated carbocycles. The summed E-state index contributed by atoms with van der Waals surface area (Å²) in [6.45, 7) is 0.300. The van der Waals surface area contributed by atoms with Crippen molar-refractivity contribution >= 4 is 0 Å². The summed E-state index contributed by atoms with van der Waals surface area (Å²) in [4.78, 5) is 0. The fourth-order valence-corrected chi connectivity index (χ4v) is 2.25. The van der Waals surface area contributed by atoms with Gasteiger partial charge in [-0.25, -0.2) is 0 Å². The van der Waals surface area contributed by atoms with Crippen molar-refractivity contribution in [1.29, 1.82) is 0 Å². The van der Waals surface area contributed by atoms with Crippen LogP contribution in [0.2, 0.25) is 0 Å². The molecule has 0 aromatic heterocycles. The SMILES string of the molecule is CNC1(c2cc3c(cc2OC)OCO3)CC1. The maximum absolute atomic E-state index is 5.42. The third kappa shape index (κ3) is 1.26. The van der Waals surface area contributed by atoms with Crippen LogP contribution < -0.4 is 19.5 Å². The molecular weight excluding hydrogens is 206 g/mol. The molecule has 0 amide bonds. The number of hydrogen-bond acceptors (Lipinski definition) is 4. The Bertz CT molecular complexity index is 427. The number of methoxy groups -OCH3 is 1. The third-order valence-corrected chi connectivity index (χ3v) is 3.44. The summed E-state index contributed by atoms with van der Waals surface area (Å²) in [5, 5.41) is 3.36. The first kappa shape index (κ1) is 9.78. The molecule has 86 valence electrons. The van der Waals surface area contributed by atoms with E-state index in [0.29, 0.717) is 6.79 Å². The summed E-state index contributed by atoms with van der Waals surface area (Å²) < 4.78 is 16.2. The van der Waals surface area contributed by atoms with Gasteiger partial charge in [0.25, 0.3) is 0 Å². The van der Waals surface area contributed by atoms with Crippen LogP contribution in [0.1, 0.15) is 18.4 Å². The lowest BCUT2D eigenvalue weighted by Crippen LogP contribution is -2.25. The van der Waals surface area contributed by atoms with E-state index in [0.717, 1.165) is 30.1 Å². The van der Waals surface area contributed by atoms with Crippen molar-refractivity contribution in [3.8, 4) is 17.2 Å². The van der Waals surface area contributed by atoms with E-state index in [1.165, 1.54) is 5.56 Å². The average Bonchev–Trinajstić information content (AvgIpc) is 2.99. The van der Waals surface area contributed by atoms with E-state index in [4.69, 9.17) is 14.2 Å². The van der Waals surface area contributed by atoms with Gasteiger partial charge >= 0.3 is 0 Å². The van der Waals surface area contributed by atoms with Gasteiger partial charge in [-0.1, -0.05) is 0 Å². The molecule has 0 spiro atoms. The van der Waals surface area contributed by atoms with Crippen LogP contribution in [0.25, 0.3) is 0 Å². The van der Waals surface area contributed by atoms with Crippen molar-refractivity contribution in [3.63, 3.8) is 0 Å². The van der Waals surface area contributed by atoms with Crippen molar-refractivity contribution < 1.29 is 14.2 Å². The van der Waals surface area contributed by atoms with E-state index in [9.17, 15) is 0 Å². The molecule has 1 aromatic rings. The normalized spacial score (nSPS) is 19.6. The Balaban J connectivity index is 2.09. The first-order chi connectivity index (χ1) is 7.79. The van der Waals surface area contributed by atoms with Gasteiger partial charge in [-0.05, 0) is 26.0 Å². The van der Waals surface area contributed by atoms with Gasteiger partial charge in [0.1, 0.15) is 5.75 Å². The predicted octanol–water partition coefficient (Wildman–Crippen LogP) is 1.63. The maximum atomic E-state index is 5.42. The molecule has 4 nitrogen and oxygen atoms in total. The van der Waals surface area contributed by atoms with Gasteiger partial charge < -0.3 is 19.5 Å².